The van der Waals surface area contributed by atoms with Crippen LogP contribution in [0.3, 0.4) is 0 Å². The molecule has 12 nitrogen and oxygen atoms in total. The molecule has 254 valence electrons. The third-order valence-electron chi connectivity index (χ3n) is 13.2. The molecule has 7 bridgehead atoms. The maximum Gasteiger partial charge on any atom is 0.338 e. The largest absolute Gasteiger partial charge is 0.455 e. The maximum absolute atomic E-state index is 13.8. The summed E-state index contributed by atoms with van der Waals surface area (Å²) in [6.45, 7) is 4.68. The lowest BCUT2D eigenvalue weighted by molar-refractivity contribution is -0.322. The van der Waals surface area contributed by atoms with Gasteiger partial charge >= 0.3 is 11.9 Å². The third-order valence-corrected chi connectivity index (χ3v) is 13.2. The average molecular weight is 646 g/mol. The first-order valence-electron chi connectivity index (χ1n) is 16.3. The van der Waals surface area contributed by atoms with E-state index < -0.39 is 88.3 Å². The van der Waals surface area contributed by atoms with E-state index in [2.05, 4.69) is 4.90 Å². The SMILES string of the molecule is CCN1C[C@@]2(COC)C3[C@@H](OC)C4C1C3(C1C[C@]3(O)[C@H](OC(=O)c5ccccc5)C1[C@]4(OC(C)=O)[C@@H](O)[C@@H]3OC)[C@H](OC)C[C@H]2O. The minimum Gasteiger partial charge on any atom is -0.455 e. The van der Waals surface area contributed by atoms with Crippen molar-refractivity contribution in [3.05, 3.63) is 35.9 Å². The number of aliphatic hydroxyl groups is 3. The summed E-state index contributed by atoms with van der Waals surface area (Å²) in [5, 5.41) is 37.3. The zero-order valence-corrected chi connectivity index (χ0v) is 27.3. The molecule has 6 unspecified atom stereocenters. The molecule has 1 saturated heterocycles. The van der Waals surface area contributed by atoms with Gasteiger partial charge in [0.1, 0.15) is 23.9 Å². The second kappa shape index (κ2) is 10.9. The zero-order chi connectivity index (χ0) is 33.0. The number of piperidine rings is 1. The van der Waals surface area contributed by atoms with E-state index in [1.807, 2.05) is 6.92 Å². The Morgan fingerprint density at radius 3 is 2.30 bits per heavy atom. The summed E-state index contributed by atoms with van der Waals surface area (Å²) < 4.78 is 37.4. The van der Waals surface area contributed by atoms with E-state index >= 15 is 0 Å². The number of esters is 2. The predicted octanol–water partition coefficient (Wildman–Crippen LogP) is 0.648. The molecule has 3 N–H and O–H groups in total. The van der Waals surface area contributed by atoms with E-state index in [9.17, 15) is 24.9 Å². The molecule has 0 radical (unpaired) electrons. The minimum atomic E-state index is -1.83. The summed E-state index contributed by atoms with van der Waals surface area (Å²) in [7, 11) is 6.27. The second-order valence-corrected chi connectivity index (χ2v) is 14.4. The van der Waals surface area contributed by atoms with Crippen LogP contribution in [0.5, 0.6) is 0 Å². The van der Waals surface area contributed by atoms with Gasteiger partial charge in [0.15, 0.2) is 5.60 Å². The minimum absolute atomic E-state index is 0.0791. The van der Waals surface area contributed by atoms with Crippen molar-refractivity contribution in [1.82, 2.24) is 4.90 Å². The lowest BCUT2D eigenvalue weighted by Crippen LogP contribution is -2.81. The predicted molar refractivity (Wildman–Crippen MR) is 160 cm³/mol. The molecule has 1 aromatic rings. The smallest absolute Gasteiger partial charge is 0.338 e. The van der Waals surface area contributed by atoms with Crippen molar-refractivity contribution in [2.75, 3.05) is 48.1 Å². The van der Waals surface area contributed by atoms with Crippen molar-refractivity contribution in [2.45, 2.75) is 80.6 Å². The van der Waals surface area contributed by atoms with Crippen LogP contribution in [0.25, 0.3) is 0 Å². The number of aliphatic hydroxyl groups excluding tert-OH is 2. The van der Waals surface area contributed by atoms with Gasteiger partial charge in [0, 0.05) is 83.0 Å². The number of likely N-dealkylation sites (tertiary alicyclic amines) is 1. The summed E-state index contributed by atoms with van der Waals surface area (Å²) in [5.41, 5.74) is -4.79. The molecule has 0 amide bonds. The van der Waals surface area contributed by atoms with Crippen LogP contribution in [0.2, 0.25) is 0 Å². The van der Waals surface area contributed by atoms with Gasteiger partial charge in [-0.2, -0.15) is 0 Å². The Morgan fingerprint density at radius 1 is 1.00 bits per heavy atom. The summed E-state index contributed by atoms with van der Waals surface area (Å²) in [5.74, 6) is -3.65. The highest BCUT2D eigenvalue weighted by Gasteiger charge is 2.92. The fraction of sp³-hybridized carbons (Fsp3) is 0.765. The van der Waals surface area contributed by atoms with Crippen LogP contribution in [0.1, 0.15) is 37.0 Å². The van der Waals surface area contributed by atoms with Gasteiger partial charge in [0.05, 0.1) is 30.5 Å². The Morgan fingerprint density at radius 2 is 1.72 bits per heavy atom. The summed E-state index contributed by atoms with van der Waals surface area (Å²) in [4.78, 5) is 29.3. The third kappa shape index (κ3) is 3.62. The van der Waals surface area contributed by atoms with Gasteiger partial charge in [-0.1, -0.05) is 25.1 Å². The zero-order valence-electron chi connectivity index (χ0n) is 27.3. The Bertz CT molecular complexity index is 1360. The lowest BCUT2D eigenvalue weighted by Gasteiger charge is -2.70. The van der Waals surface area contributed by atoms with Crippen molar-refractivity contribution in [3.8, 4) is 0 Å². The molecule has 12 heteroatoms. The standard InChI is InChI=1S/C34H47NO11/c1-7-35-15-31(16-41-3)20(37)13-21(42-4)33-19-14-32(40)28(45-30(39)18-11-9-8-10-12-18)22(19)34(46-17(2)36,27(38)29(32)44-6)23(26(33)35)24(43-5)25(31)33/h8-12,19-29,37-38,40H,7,13-16H2,1-6H3/t19?,20-,21-,22?,23?,24+,25?,26?,27+,28-,29+,31+,32+,33?,34-/m1/s1. The van der Waals surface area contributed by atoms with Gasteiger partial charge < -0.3 is 43.7 Å². The van der Waals surface area contributed by atoms with Crippen molar-refractivity contribution in [3.63, 3.8) is 0 Å². The lowest BCUT2D eigenvalue weighted by atomic mass is 9.42. The number of benzene rings is 1. The highest BCUT2D eigenvalue weighted by molar-refractivity contribution is 5.89. The number of carbonyl (C=O) groups is 2. The van der Waals surface area contributed by atoms with Gasteiger partial charge in [-0.3, -0.25) is 9.69 Å². The average Bonchev–Trinajstić information content (AvgIpc) is 3.41. The molecule has 5 saturated carbocycles. The fourth-order valence-electron chi connectivity index (χ4n) is 12.3. The Kier molecular flexibility index (Phi) is 7.69. The van der Waals surface area contributed by atoms with Crippen LogP contribution < -0.4 is 0 Å². The highest BCUT2D eigenvalue weighted by atomic mass is 16.6. The van der Waals surface area contributed by atoms with Crippen LogP contribution in [0, 0.1) is 34.5 Å². The molecule has 0 aromatic heterocycles. The first-order chi connectivity index (χ1) is 22.0. The van der Waals surface area contributed by atoms with Crippen LogP contribution >= 0.6 is 0 Å². The summed E-state index contributed by atoms with van der Waals surface area (Å²) in [6.07, 6.45) is -5.49. The van der Waals surface area contributed by atoms with Gasteiger partial charge in [0.25, 0.3) is 0 Å². The normalized spacial score (nSPS) is 49.9. The van der Waals surface area contributed by atoms with Crippen molar-refractivity contribution >= 4 is 11.9 Å². The van der Waals surface area contributed by atoms with E-state index in [4.69, 9.17) is 28.4 Å². The monoisotopic (exact) mass is 645 g/mol. The number of carbonyl (C=O) groups excluding carboxylic acids is 2. The van der Waals surface area contributed by atoms with Crippen molar-refractivity contribution in [1.29, 1.82) is 0 Å². The van der Waals surface area contributed by atoms with Crippen LogP contribution in [0.4, 0.5) is 0 Å². The number of methoxy groups -OCH3 is 4. The first-order valence-corrected chi connectivity index (χ1v) is 16.3. The number of hydrogen-bond donors (Lipinski definition) is 3. The fourth-order valence-corrected chi connectivity index (χ4v) is 12.3. The Balaban J connectivity index is 1.53. The van der Waals surface area contributed by atoms with Crippen molar-refractivity contribution in [2.24, 2.45) is 34.5 Å². The van der Waals surface area contributed by atoms with Crippen LogP contribution in [-0.2, 0) is 33.2 Å². The molecule has 1 aliphatic heterocycles. The van der Waals surface area contributed by atoms with Gasteiger partial charge in [-0.05, 0) is 31.0 Å². The van der Waals surface area contributed by atoms with E-state index in [1.165, 1.54) is 14.0 Å². The molecule has 1 heterocycles. The second-order valence-electron chi connectivity index (χ2n) is 14.4. The molecule has 15 atom stereocenters. The highest BCUT2D eigenvalue weighted by Crippen LogP contribution is 2.80. The number of hydrogen-bond acceptors (Lipinski definition) is 12. The molecular weight excluding hydrogens is 598 g/mol. The summed E-state index contributed by atoms with van der Waals surface area (Å²) in [6, 6.07) is 8.18. The van der Waals surface area contributed by atoms with Crippen molar-refractivity contribution < 1.29 is 53.3 Å². The Labute approximate surface area is 269 Å². The first kappa shape index (κ1) is 32.4. The molecule has 7 rings (SSSR count). The van der Waals surface area contributed by atoms with E-state index in [-0.39, 0.29) is 25.0 Å². The molecule has 5 aliphatic carbocycles. The van der Waals surface area contributed by atoms with E-state index in [1.54, 1.807) is 51.7 Å². The maximum atomic E-state index is 13.8. The molecule has 6 aliphatic rings. The molecular formula is C34H47NO11. The van der Waals surface area contributed by atoms with Gasteiger partial charge in [0.2, 0.25) is 0 Å². The molecule has 6 fully saturated rings. The number of nitrogens with zero attached hydrogens (tertiary/aromatic N) is 1. The van der Waals surface area contributed by atoms with Gasteiger partial charge in [-0.15, -0.1) is 0 Å². The molecule has 1 spiro atoms. The van der Waals surface area contributed by atoms with Crippen LogP contribution in [0.15, 0.2) is 30.3 Å². The molecule has 46 heavy (non-hydrogen) atoms. The quantitative estimate of drug-likeness (QED) is 0.323. The van der Waals surface area contributed by atoms with Gasteiger partial charge in [-0.25, -0.2) is 4.79 Å². The number of rotatable bonds is 9. The topological polar surface area (TPSA) is 153 Å². The molecule has 1 aromatic carbocycles. The number of ether oxygens (including phenoxy) is 6. The number of fused-ring (bicyclic) bond motifs is 2. The summed E-state index contributed by atoms with van der Waals surface area (Å²) >= 11 is 0. The van der Waals surface area contributed by atoms with Crippen LogP contribution in [-0.4, -0.2) is 134 Å². The Hall–Kier alpha value is -2.16. The van der Waals surface area contributed by atoms with E-state index in [0.29, 0.717) is 25.1 Å². The van der Waals surface area contributed by atoms with E-state index in [0.717, 1.165) is 0 Å².